The number of hydrogen-bond acceptors (Lipinski definition) is 3. The summed E-state index contributed by atoms with van der Waals surface area (Å²) in [5.74, 6) is 0. The van der Waals surface area contributed by atoms with Crippen molar-refractivity contribution in [2.75, 3.05) is 6.61 Å². The summed E-state index contributed by atoms with van der Waals surface area (Å²) < 4.78 is 8.72. The van der Waals surface area contributed by atoms with Gasteiger partial charge in [-0.3, -0.25) is 0 Å². The monoisotopic (exact) mass is 299 g/mol. The van der Waals surface area contributed by atoms with Crippen LogP contribution in [0.2, 0.25) is 0 Å². The lowest BCUT2D eigenvalue weighted by Gasteiger charge is -2.01. The number of rotatable bonds is 5. The lowest BCUT2D eigenvalue weighted by molar-refractivity contribution is -0.697. The molecule has 0 saturated heterocycles. The van der Waals surface area contributed by atoms with Crippen molar-refractivity contribution in [1.82, 2.24) is 0 Å². The second-order valence-corrected chi connectivity index (χ2v) is 4.75. The average molecular weight is 299 g/mol. The predicted octanol–water partition coefficient (Wildman–Crippen LogP) is 1.33. The van der Waals surface area contributed by atoms with Crippen LogP contribution < -0.4 is 9.13 Å². The highest BCUT2D eigenvalue weighted by Crippen LogP contribution is 2.15. The summed E-state index contributed by atoms with van der Waals surface area (Å²) >= 11 is 0. The lowest BCUT2D eigenvalue weighted by atomic mass is 10.1. The molecule has 0 radical (unpaired) electrons. The van der Waals surface area contributed by atoms with E-state index in [0.29, 0.717) is 13.0 Å². The van der Waals surface area contributed by atoms with Crippen molar-refractivity contribution in [2.24, 2.45) is 12.0 Å². The van der Waals surface area contributed by atoms with Gasteiger partial charge in [-0.25, -0.2) is 18.7 Å². The van der Waals surface area contributed by atoms with E-state index in [4.69, 9.17) is 4.74 Å². The van der Waals surface area contributed by atoms with Gasteiger partial charge < -0.3 is 4.74 Å². The highest BCUT2D eigenvalue weighted by molar-refractivity contribution is 5.74. The lowest BCUT2D eigenvalue weighted by Crippen LogP contribution is -2.33. The Balaban J connectivity index is 1.85. The van der Waals surface area contributed by atoms with E-state index in [1.165, 1.54) is 0 Å². The molecule has 22 heavy (non-hydrogen) atoms. The Morgan fingerprint density at radius 3 is 2.32 bits per heavy atom. The Bertz CT molecular complexity index is 675. The van der Waals surface area contributed by atoms with Crippen LogP contribution in [0.1, 0.15) is 6.42 Å². The molecule has 2 aromatic heterocycles. The molecule has 2 rings (SSSR count). The molecule has 0 unspecified atom stereocenters. The van der Waals surface area contributed by atoms with E-state index in [9.17, 15) is 9.59 Å². The van der Waals surface area contributed by atoms with Crippen LogP contribution in [0, 0.1) is 0 Å². The van der Waals surface area contributed by atoms with E-state index in [0.717, 1.165) is 17.2 Å². The van der Waals surface area contributed by atoms with Crippen LogP contribution in [-0.2, 0) is 23.1 Å². The molecule has 1 amide bonds. The molecule has 112 valence electrons. The first kappa shape index (κ1) is 15.5. The number of hydrogen-bond donors (Lipinski definition) is 0. The molecule has 6 heteroatoms. The van der Waals surface area contributed by atoms with Gasteiger partial charge >= 0.3 is 6.09 Å². The molecule has 0 bridgehead atoms. The van der Waals surface area contributed by atoms with E-state index in [1.54, 1.807) is 0 Å². The maximum Gasteiger partial charge on any atom is 0.444 e. The number of carbonyl (C=O) groups is 1. The second-order valence-electron chi connectivity index (χ2n) is 4.75. The van der Waals surface area contributed by atoms with Crippen LogP contribution in [-0.4, -0.2) is 18.8 Å². The number of pyridine rings is 2. The van der Waals surface area contributed by atoms with Crippen LogP contribution in [0.4, 0.5) is 4.79 Å². The number of ether oxygens (including phenoxy) is 1. The van der Waals surface area contributed by atoms with Crippen molar-refractivity contribution >= 4 is 12.2 Å². The zero-order chi connectivity index (χ0) is 15.8. The van der Waals surface area contributed by atoms with Crippen LogP contribution in [0.15, 0.2) is 54.0 Å². The zero-order valence-electron chi connectivity index (χ0n) is 12.3. The third-order valence-electron chi connectivity index (χ3n) is 3.13. The van der Waals surface area contributed by atoms with Gasteiger partial charge in [0.2, 0.25) is 6.08 Å². The van der Waals surface area contributed by atoms with Gasteiger partial charge in [0.05, 0.1) is 6.61 Å². The topological polar surface area (TPSA) is 63.5 Å². The van der Waals surface area contributed by atoms with Crippen molar-refractivity contribution in [1.29, 1.82) is 0 Å². The van der Waals surface area contributed by atoms with Crippen molar-refractivity contribution in [3.05, 3.63) is 49.1 Å². The molecule has 0 aliphatic carbocycles. The van der Waals surface area contributed by atoms with Gasteiger partial charge in [-0.05, 0) is 11.1 Å². The van der Waals surface area contributed by atoms with Gasteiger partial charge in [0.1, 0.15) is 7.05 Å². The molecule has 0 saturated carbocycles. The molecule has 2 heterocycles. The number of isocyanates is 1. The highest BCUT2D eigenvalue weighted by Gasteiger charge is 2.05. The normalized spacial score (nSPS) is 9.86. The summed E-state index contributed by atoms with van der Waals surface area (Å²) in [5.41, 5.74) is 2.30. The summed E-state index contributed by atoms with van der Waals surface area (Å²) in [7, 11) is 1.98. The number of aryl methyl sites for hydroxylation is 2. The molecular formula is C16H17N3O3+2. The van der Waals surface area contributed by atoms with Gasteiger partial charge in [-0.15, -0.1) is 0 Å². The fourth-order valence-corrected chi connectivity index (χ4v) is 1.97. The summed E-state index contributed by atoms with van der Waals surface area (Å²) in [6.07, 6.45) is 8.87. The number of carbonyl (C=O) groups excluding carboxylic acids is 2. The fourth-order valence-electron chi connectivity index (χ4n) is 1.97. The highest BCUT2D eigenvalue weighted by atomic mass is 16.5. The Morgan fingerprint density at radius 2 is 1.73 bits per heavy atom. The Hall–Kier alpha value is -2.85. The van der Waals surface area contributed by atoms with Gasteiger partial charge in [0, 0.05) is 30.7 Å². The molecular weight excluding hydrogens is 282 g/mol. The van der Waals surface area contributed by atoms with Crippen LogP contribution in [0.25, 0.3) is 11.1 Å². The molecule has 0 aliphatic rings. The molecule has 0 aliphatic heterocycles. The minimum atomic E-state index is -0.896. The molecule has 6 nitrogen and oxygen atoms in total. The molecule has 0 fully saturated rings. The fraction of sp³-hybridized carbons (Fsp3) is 0.250. The van der Waals surface area contributed by atoms with Crippen molar-refractivity contribution in [3.63, 3.8) is 0 Å². The molecule has 2 aromatic rings. The number of aromatic nitrogens is 2. The van der Waals surface area contributed by atoms with Gasteiger partial charge in [0.25, 0.3) is 0 Å². The average Bonchev–Trinajstić information content (AvgIpc) is 2.53. The molecule has 0 spiro atoms. The Labute approximate surface area is 128 Å². The van der Waals surface area contributed by atoms with Crippen molar-refractivity contribution in [2.45, 2.75) is 13.0 Å². The first-order valence-corrected chi connectivity index (χ1v) is 6.88. The summed E-state index contributed by atoms with van der Waals surface area (Å²) in [4.78, 5) is 23.5. The van der Waals surface area contributed by atoms with E-state index in [1.807, 2.05) is 53.1 Å². The van der Waals surface area contributed by atoms with Gasteiger partial charge in [-0.1, -0.05) is 4.99 Å². The predicted molar refractivity (Wildman–Crippen MR) is 77.3 cm³/mol. The Kier molecular flexibility index (Phi) is 5.51. The van der Waals surface area contributed by atoms with Crippen LogP contribution in [0.3, 0.4) is 0 Å². The SMILES string of the molecule is C[n+]1ccc(-c2cc[n+](CCCOC(=O)N=C=O)cc2)cc1. The van der Waals surface area contributed by atoms with Gasteiger partial charge in [0.15, 0.2) is 31.3 Å². The number of aliphatic imine (C=N–C) groups is 1. The summed E-state index contributed by atoms with van der Waals surface area (Å²) in [5, 5.41) is 0. The second kappa shape index (κ2) is 7.81. The minimum absolute atomic E-state index is 0.216. The minimum Gasteiger partial charge on any atom is -0.447 e. The third kappa shape index (κ3) is 4.61. The van der Waals surface area contributed by atoms with E-state index in [2.05, 4.69) is 17.1 Å². The number of amides is 1. The largest absolute Gasteiger partial charge is 0.447 e. The molecule has 0 atom stereocenters. The van der Waals surface area contributed by atoms with E-state index >= 15 is 0 Å². The first-order chi connectivity index (χ1) is 10.7. The summed E-state index contributed by atoms with van der Waals surface area (Å²) in [6, 6.07) is 8.20. The van der Waals surface area contributed by atoms with Crippen LogP contribution >= 0.6 is 0 Å². The third-order valence-corrected chi connectivity index (χ3v) is 3.13. The van der Waals surface area contributed by atoms with E-state index in [-0.39, 0.29) is 6.61 Å². The van der Waals surface area contributed by atoms with Gasteiger partial charge in [-0.2, -0.15) is 0 Å². The maximum atomic E-state index is 10.8. The molecule has 0 aromatic carbocycles. The maximum absolute atomic E-state index is 10.8. The zero-order valence-corrected chi connectivity index (χ0v) is 12.3. The number of nitrogens with zero attached hydrogens (tertiary/aromatic N) is 3. The van der Waals surface area contributed by atoms with E-state index < -0.39 is 6.09 Å². The standard InChI is InChI=1S/C16H17N3O3/c1-18-8-3-14(4-9-18)15-5-10-19(11-6-15)7-2-12-22-16(21)17-13-20/h3-6,8-11H,2,7,12H2,1H3/q+2. The van der Waals surface area contributed by atoms with Crippen molar-refractivity contribution < 1.29 is 23.5 Å². The first-order valence-electron chi connectivity index (χ1n) is 6.88. The Morgan fingerprint density at radius 1 is 1.14 bits per heavy atom. The summed E-state index contributed by atoms with van der Waals surface area (Å²) in [6.45, 7) is 0.927. The van der Waals surface area contributed by atoms with Crippen molar-refractivity contribution in [3.8, 4) is 11.1 Å². The molecule has 0 N–H and O–H groups in total. The quantitative estimate of drug-likeness (QED) is 0.362. The van der Waals surface area contributed by atoms with Crippen LogP contribution in [0.5, 0.6) is 0 Å². The smallest absolute Gasteiger partial charge is 0.444 e.